The fourth-order valence-corrected chi connectivity index (χ4v) is 5.45. The molecule has 3 aromatic rings. The van der Waals surface area contributed by atoms with Crippen LogP contribution in [-0.2, 0) is 14.6 Å². The number of para-hydroxylation sites is 1. The van der Waals surface area contributed by atoms with Crippen LogP contribution in [0.1, 0.15) is 22.3 Å². The number of nitrogens with zero attached hydrogens (tertiary/aromatic N) is 3. The molecular formula is C23H28ClN3O4S2. The summed E-state index contributed by atoms with van der Waals surface area (Å²) in [6, 6.07) is 12.1. The molecule has 0 saturated carbocycles. The maximum Gasteiger partial charge on any atom is 0.260 e. The number of carbonyl (C=O) groups is 1. The van der Waals surface area contributed by atoms with E-state index in [1.807, 2.05) is 25.1 Å². The molecule has 1 fully saturated rings. The Balaban J connectivity index is 0.00000306. The van der Waals surface area contributed by atoms with E-state index in [1.165, 1.54) is 23.5 Å². The minimum Gasteiger partial charge on any atom is -0.379 e. The Morgan fingerprint density at radius 2 is 1.85 bits per heavy atom. The lowest BCUT2D eigenvalue weighted by molar-refractivity contribution is 0.0376. The Bertz CT molecular complexity index is 1210. The predicted molar refractivity (Wildman–Crippen MR) is 135 cm³/mol. The van der Waals surface area contributed by atoms with Crippen molar-refractivity contribution < 1.29 is 17.9 Å². The molecule has 1 aliphatic rings. The maximum absolute atomic E-state index is 13.5. The van der Waals surface area contributed by atoms with Gasteiger partial charge < -0.3 is 4.74 Å². The topological polar surface area (TPSA) is 79.8 Å². The van der Waals surface area contributed by atoms with E-state index in [0.29, 0.717) is 17.2 Å². The first-order valence-corrected chi connectivity index (χ1v) is 13.3. The molecule has 1 aromatic heterocycles. The first-order valence-electron chi connectivity index (χ1n) is 10.6. The highest BCUT2D eigenvalue weighted by atomic mass is 35.5. The highest BCUT2D eigenvalue weighted by Crippen LogP contribution is 2.31. The van der Waals surface area contributed by atoms with Gasteiger partial charge in [-0.15, -0.1) is 12.4 Å². The Morgan fingerprint density at radius 3 is 2.48 bits per heavy atom. The maximum atomic E-state index is 13.5. The van der Waals surface area contributed by atoms with Crippen LogP contribution in [0.3, 0.4) is 0 Å². The van der Waals surface area contributed by atoms with Gasteiger partial charge >= 0.3 is 0 Å². The van der Waals surface area contributed by atoms with Gasteiger partial charge in [0.1, 0.15) is 0 Å². The van der Waals surface area contributed by atoms with Crippen molar-refractivity contribution in [1.29, 1.82) is 0 Å². The summed E-state index contributed by atoms with van der Waals surface area (Å²) in [5.41, 5.74) is 2.42. The van der Waals surface area contributed by atoms with E-state index in [-0.39, 0.29) is 23.2 Å². The van der Waals surface area contributed by atoms with E-state index in [1.54, 1.807) is 17.0 Å². The lowest BCUT2D eigenvalue weighted by atomic mass is 10.2. The molecular weight excluding hydrogens is 482 g/mol. The lowest BCUT2D eigenvalue weighted by Crippen LogP contribution is -2.39. The van der Waals surface area contributed by atoms with Gasteiger partial charge in [0.2, 0.25) is 0 Å². The van der Waals surface area contributed by atoms with Gasteiger partial charge in [-0.05, 0) is 49.2 Å². The summed E-state index contributed by atoms with van der Waals surface area (Å²) >= 11 is 1.50. The molecule has 0 unspecified atom stereocenters. The number of halogens is 1. The molecule has 10 heteroatoms. The summed E-state index contributed by atoms with van der Waals surface area (Å²) in [6.07, 6.45) is 1.97. The summed E-state index contributed by atoms with van der Waals surface area (Å²) in [4.78, 5) is 22.5. The Labute approximate surface area is 204 Å². The third-order valence-electron chi connectivity index (χ3n) is 5.57. The molecule has 0 aliphatic carbocycles. The number of thiazole rings is 1. The summed E-state index contributed by atoms with van der Waals surface area (Å²) in [5, 5.41) is 0.661. The quantitative estimate of drug-likeness (QED) is 0.482. The van der Waals surface area contributed by atoms with Crippen molar-refractivity contribution in [3.05, 3.63) is 53.6 Å². The molecule has 2 heterocycles. The number of anilines is 1. The number of ether oxygens (including phenoxy) is 1. The van der Waals surface area contributed by atoms with Crippen LogP contribution in [-0.4, -0.2) is 69.9 Å². The number of rotatable bonds is 7. The average Bonchev–Trinajstić information content (AvgIpc) is 3.22. The van der Waals surface area contributed by atoms with Gasteiger partial charge in [0.05, 0.1) is 28.3 Å². The number of morpholine rings is 1. The van der Waals surface area contributed by atoms with Crippen molar-refractivity contribution in [2.75, 3.05) is 50.5 Å². The minimum atomic E-state index is -3.32. The third kappa shape index (κ3) is 6.10. The van der Waals surface area contributed by atoms with Crippen LogP contribution >= 0.6 is 23.7 Å². The van der Waals surface area contributed by atoms with Crippen molar-refractivity contribution >= 4 is 54.8 Å². The molecule has 0 spiro atoms. The number of aryl methyl sites for hydroxylation is 1. The SMILES string of the molecule is Cc1cccc2sc(N(CCCN3CCOCC3)C(=O)c3ccc(S(C)(=O)=O)cc3)nc12.Cl. The summed E-state index contributed by atoms with van der Waals surface area (Å²) in [6.45, 7) is 6.72. The number of sulfone groups is 1. The Hall–Kier alpha value is -2.04. The van der Waals surface area contributed by atoms with Gasteiger partial charge in [-0.1, -0.05) is 23.5 Å². The third-order valence-corrected chi connectivity index (χ3v) is 7.75. The Kier molecular flexibility index (Phi) is 8.47. The molecule has 1 amide bonds. The number of amides is 1. The average molecular weight is 510 g/mol. The number of fused-ring (bicyclic) bond motifs is 1. The molecule has 0 radical (unpaired) electrons. The van der Waals surface area contributed by atoms with Crippen LogP contribution in [0.25, 0.3) is 10.2 Å². The number of carbonyl (C=O) groups excluding carboxylic acids is 1. The second-order valence-corrected chi connectivity index (χ2v) is 11.0. The van der Waals surface area contributed by atoms with Crippen molar-refractivity contribution in [3.63, 3.8) is 0 Å². The van der Waals surface area contributed by atoms with Gasteiger partial charge in [-0.25, -0.2) is 13.4 Å². The number of aromatic nitrogens is 1. The smallest absolute Gasteiger partial charge is 0.260 e. The molecule has 1 saturated heterocycles. The number of hydrogen-bond acceptors (Lipinski definition) is 7. The van der Waals surface area contributed by atoms with Crippen LogP contribution in [0.2, 0.25) is 0 Å². The van der Waals surface area contributed by atoms with Gasteiger partial charge in [0.15, 0.2) is 15.0 Å². The molecule has 0 bridgehead atoms. The molecule has 2 aromatic carbocycles. The van der Waals surface area contributed by atoms with Crippen LogP contribution in [0.5, 0.6) is 0 Å². The van der Waals surface area contributed by atoms with E-state index in [0.717, 1.165) is 61.3 Å². The fraction of sp³-hybridized carbons (Fsp3) is 0.391. The van der Waals surface area contributed by atoms with Gasteiger partial charge in [0, 0.05) is 38.0 Å². The molecule has 178 valence electrons. The monoisotopic (exact) mass is 509 g/mol. The van der Waals surface area contributed by atoms with Crippen molar-refractivity contribution in [2.45, 2.75) is 18.2 Å². The van der Waals surface area contributed by atoms with Crippen molar-refractivity contribution in [2.24, 2.45) is 0 Å². The molecule has 0 atom stereocenters. The lowest BCUT2D eigenvalue weighted by Gasteiger charge is -2.27. The largest absolute Gasteiger partial charge is 0.379 e. The van der Waals surface area contributed by atoms with E-state index in [9.17, 15) is 13.2 Å². The van der Waals surface area contributed by atoms with Crippen LogP contribution in [0, 0.1) is 6.92 Å². The molecule has 33 heavy (non-hydrogen) atoms. The van der Waals surface area contributed by atoms with E-state index < -0.39 is 9.84 Å². The zero-order chi connectivity index (χ0) is 22.7. The zero-order valence-corrected chi connectivity index (χ0v) is 21.1. The summed E-state index contributed by atoms with van der Waals surface area (Å²) < 4.78 is 30.0. The predicted octanol–water partition coefficient (Wildman–Crippen LogP) is 3.80. The Morgan fingerprint density at radius 1 is 1.15 bits per heavy atom. The van der Waals surface area contributed by atoms with Crippen molar-refractivity contribution in [1.82, 2.24) is 9.88 Å². The van der Waals surface area contributed by atoms with E-state index in [2.05, 4.69) is 4.90 Å². The normalized spacial score (nSPS) is 14.7. The minimum absolute atomic E-state index is 0. The van der Waals surface area contributed by atoms with E-state index >= 15 is 0 Å². The second kappa shape index (κ2) is 10.9. The van der Waals surface area contributed by atoms with Crippen LogP contribution < -0.4 is 4.90 Å². The highest BCUT2D eigenvalue weighted by molar-refractivity contribution is 7.90. The van der Waals surface area contributed by atoms with Gasteiger partial charge in [-0.2, -0.15) is 0 Å². The van der Waals surface area contributed by atoms with Gasteiger partial charge in [-0.3, -0.25) is 14.6 Å². The highest BCUT2D eigenvalue weighted by Gasteiger charge is 2.22. The first kappa shape index (κ1) is 25.6. The molecule has 0 N–H and O–H groups in total. The molecule has 1 aliphatic heterocycles. The van der Waals surface area contributed by atoms with E-state index in [4.69, 9.17) is 9.72 Å². The molecule has 7 nitrogen and oxygen atoms in total. The van der Waals surface area contributed by atoms with Gasteiger partial charge in [0.25, 0.3) is 5.91 Å². The first-order chi connectivity index (χ1) is 15.3. The standard InChI is InChI=1S/C23H27N3O4S2.ClH/c1-17-5-3-6-20-21(17)24-23(31-20)26(12-4-11-25-13-15-30-16-14-25)22(27)18-7-9-19(10-8-18)32(2,28)29;/h3,5-10H,4,11-16H2,1-2H3;1H. The second-order valence-electron chi connectivity index (χ2n) is 7.98. The summed E-state index contributed by atoms with van der Waals surface area (Å²) in [7, 11) is -3.32. The van der Waals surface area contributed by atoms with Crippen molar-refractivity contribution in [3.8, 4) is 0 Å². The van der Waals surface area contributed by atoms with Crippen LogP contribution in [0.4, 0.5) is 5.13 Å². The zero-order valence-electron chi connectivity index (χ0n) is 18.7. The van der Waals surface area contributed by atoms with Crippen LogP contribution in [0.15, 0.2) is 47.4 Å². The number of hydrogen-bond donors (Lipinski definition) is 0. The molecule has 4 rings (SSSR count). The fourth-order valence-electron chi connectivity index (χ4n) is 3.75. The summed E-state index contributed by atoms with van der Waals surface area (Å²) in [5.74, 6) is -0.177. The number of benzene rings is 2.